The van der Waals surface area contributed by atoms with Crippen LogP contribution in [0.2, 0.25) is 5.02 Å². The van der Waals surface area contributed by atoms with Gasteiger partial charge in [-0.2, -0.15) is 10.4 Å². The topological polar surface area (TPSA) is 102 Å². The first-order valence-electron chi connectivity index (χ1n) is 11.1. The number of alkyl halides is 2. The smallest absolute Gasteiger partial charge is 0.283 e. The molecule has 2 aliphatic rings. The van der Waals surface area contributed by atoms with Crippen LogP contribution in [0.1, 0.15) is 25.1 Å². The van der Waals surface area contributed by atoms with Crippen LogP contribution in [0.5, 0.6) is 0 Å². The molecule has 0 atom stereocenters. The molecule has 9 nitrogen and oxygen atoms in total. The highest BCUT2D eigenvalue weighted by Crippen LogP contribution is 2.45. The fraction of sp³-hybridized carbons (Fsp3) is 0.348. The van der Waals surface area contributed by atoms with Gasteiger partial charge in [-0.25, -0.2) is 13.8 Å². The van der Waals surface area contributed by atoms with E-state index in [1.165, 1.54) is 15.3 Å². The first-order chi connectivity index (χ1) is 16.8. The van der Waals surface area contributed by atoms with Crippen molar-refractivity contribution in [2.45, 2.75) is 43.7 Å². The van der Waals surface area contributed by atoms with E-state index in [0.29, 0.717) is 52.2 Å². The summed E-state index contributed by atoms with van der Waals surface area (Å²) in [5.41, 5.74) is 0.923. The molecule has 0 saturated heterocycles. The summed E-state index contributed by atoms with van der Waals surface area (Å²) < 4.78 is 34.7. The van der Waals surface area contributed by atoms with Gasteiger partial charge in [0.25, 0.3) is 5.92 Å². The molecule has 12 heteroatoms. The van der Waals surface area contributed by atoms with Crippen molar-refractivity contribution >= 4 is 23.2 Å². The van der Waals surface area contributed by atoms with Crippen LogP contribution < -0.4 is 5.32 Å². The van der Waals surface area contributed by atoms with Crippen LogP contribution in [0.15, 0.2) is 36.8 Å². The van der Waals surface area contributed by atoms with Crippen molar-refractivity contribution < 1.29 is 8.78 Å². The van der Waals surface area contributed by atoms with Gasteiger partial charge in [0, 0.05) is 36.6 Å². The number of hydrogen-bond acceptors (Lipinski definition) is 6. The van der Waals surface area contributed by atoms with Crippen molar-refractivity contribution in [1.29, 1.82) is 5.26 Å². The van der Waals surface area contributed by atoms with Gasteiger partial charge in [0.15, 0.2) is 11.6 Å². The Balaban J connectivity index is 1.44. The number of pyridine rings is 1. The summed E-state index contributed by atoms with van der Waals surface area (Å²) in [6.07, 6.45) is 6.88. The van der Waals surface area contributed by atoms with E-state index in [1.54, 1.807) is 42.3 Å². The van der Waals surface area contributed by atoms with Crippen LogP contribution in [0, 0.1) is 11.3 Å². The van der Waals surface area contributed by atoms with Crippen LogP contribution in [0.4, 0.5) is 20.4 Å². The fourth-order valence-electron chi connectivity index (χ4n) is 4.77. The standard InChI is InChI=1S/C23H20ClF2N9/c1-33-19(3-6-29-33)30-18-8-15(16(24)9-28-18)14-7-17-20-31-32-21(22(11-27)4-2-5-22)35(20)13-23(25,26)12-34(17)10-14/h3,6-10H,2,4-5,12-13H2,1H3,(H,28,30). The number of aromatic nitrogens is 7. The summed E-state index contributed by atoms with van der Waals surface area (Å²) in [6.45, 7) is -1.09. The molecule has 1 aliphatic carbocycles. The average Bonchev–Trinajstić information content (AvgIpc) is 3.47. The number of halogens is 3. The van der Waals surface area contributed by atoms with E-state index in [4.69, 9.17) is 11.6 Å². The SMILES string of the molecule is Cn1nccc1Nc1cc(-c2cc3n(c2)CC(F)(F)Cn2c-3nnc2C2(C#N)CCC2)c(Cl)cn1. The maximum atomic E-state index is 15.1. The molecule has 1 aliphatic heterocycles. The number of fused-ring (bicyclic) bond motifs is 3. The lowest BCUT2D eigenvalue weighted by atomic mass is 9.69. The number of hydrogen-bond donors (Lipinski definition) is 1. The molecule has 1 saturated carbocycles. The van der Waals surface area contributed by atoms with E-state index in [0.717, 1.165) is 12.2 Å². The summed E-state index contributed by atoms with van der Waals surface area (Å²) in [4.78, 5) is 4.32. The lowest BCUT2D eigenvalue weighted by Crippen LogP contribution is -2.37. The van der Waals surface area contributed by atoms with Crippen molar-refractivity contribution in [1.82, 2.24) is 34.1 Å². The van der Waals surface area contributed by atoms with Crippen molar-refractivity contribution in [2.24, 2.45) is 7.05 Å². The van der Waals surface area contributed by atoms with Crippen LogP contribution in [-0.2, 0) is 25.6 Å². The molecule has 0 aromatic carbocycles. The molecule has 5 heterocycles. The minimum atomic E-state index is -3.05. The minimum Gasteiger partial charge on any atom is -0.338 e. The monoisotopic (exact) mass is 495 g/mol. The third kappa shape index (κ3) is 3.47. The molecule has 35 heavy (non-hydrogen) atoms. The molecule has 4 aromatic heterocycles. The molecule has 0 unspecified atom stereocenters. The maximum Gasteiger partial charge on any atom is 0.283 e. The molecular formula is C23H20ClF2N9. The van der Waals surface area contributed by atoms with Crippen molar-refractivity contribution in [3.05, 3.63) is 47.6 Å². The Bertz CT molecular complexity index is 1490. The highest BCUT2D eigenvalue weighted by Gasteiger charge is 2.47. The van der Waals surface area contributed by atoms with Crippen LogP contribution >= 0.6 is 11.6 Å². The molecule has 1 fully saturated rings. The normalized spacial score (nSPS) is 17.6. The maximum absolute atomic E-state index is 15.1. The average molecular weight is 496 g/mol. The Morgan fingerprint density at radius 1 is 1.20 bits per heavy atom. The van der Waals surface area contributed by atoms with Gasteiger partial charge in [-0.05, 0) is 31.4 Å². The lowest BCUT2D eigenvalue weighted by molar-refractivity contribution is -0.0308. The van der Waals surface area contributed by atoms with E-state index in [2.05, 4.69) is 31.7 Å². The number of anilines is 2. The summed E-state index contributed by atoms with van der Waals surface area (Å²) >= 11 is 6.47. The van der Waals surface area contributed by atoms with Gasteiger partial charge in [0.05, 0.1) is 36.1 Å². The Labute approximate surface area is 204 Å². The second-order valence-electron chi connectivity index (χ2n) is 9.09. The van der Waals surface area contributed by atoms with Gasteiger partial charge >= 0.3 is 0 Å². The van der Waals surface area contributed by atoms with E-state index in [1.807, 2.05) is 0 Å². The van der Waals surface area contributed by atoms with Gasteiger partial charge in [-0.1, -0.05) is 11.6 Å². The third-order valence-electron chi connectivity index (χ3n) is 6.76. The van der Waals surface area contributed by atoms with Gasteiger partial charge < -0.3 is 14.5 Å². The van der Waals surface area contributed by atoms with E-state index in [9.17, 15) is 5.26 Å². The summed E-state index contributed by atoms with van der Waals surface area (Å²) in [7, 11) is 1.80. The largest absolute Gasteiger partial charge is 0.338 e. The number of nitriles is 1. The zero-order chi connectivity index (χ0) is 24.4. The first kappa shape index (κ1) is 21.7. The van der Waals surface area contributed by atoms with E-state index in [-0.39, 0.29) is 0 Å². The quantitative estimate of drug-likeness (QED) is 0.446. The van der Waals surface area contributed by atoms with Crippen molar-refractivity contribution in [3.8, 4) is 28.7 Å². The van der Waals surface area contributed by atoms with Crippen molar-refractivity contribution in [2.75, 3.05) is 5.32 Å². The van der Waals surface area contributed by atoms with Gasteiger partial charge in [-0.3, -0.25) is 4.68 Å². The molecule has 4 aromatic rings. The van der Waals surface area contributed by atoms with Crippen molar-refractivity contribution in [3.63, 3.8) is 0 Å². The number of aryl methyl sites for hydroxylation is 1. The molecular weight excluding hydrogens is 476 g/mol. The Kier molecular flexibility index (Phi) is 4.73. The lowest BCUT2D eigenvalue weighted by Gasteiger charge is -2.34. The predicted octanol–water partition coefficient (Wildman–Crippen LogP) is 4.53. The zero-order valence-electron chi connectivity index (χ0n) is 18.7. The molecule has 178 valence electrons. The molecule has 0 radical (unpaired) electrons. The Hall–Kier alpha value is -3.78. The van der Waals surface area contributed by atoms with Gasteiger partial charge in [-0.15, -0.1) is 10.2 Å². The number of nitrogens with one attached hydrogen (secondary N) is 1. The highest BCUT2D eigenvalue weighted by atomic mass is 35.5. The van der Waals surface area contributed by atoms with Crippen LogP contribution in [0.3, 0.4) is 0 Å². The second-order valence-corrected chi connectivity index (χ2v) is 9.50. The Morgan fingerprint density at radius 2 is 2.03 bits per heavy atom. The Morgan fingerprint density at radius 3 is 2.71 bits per heavy atom. The molecule has 6 rings (SSSR count). The molecule has 0 amide bonds. The summed E-state index contributed by atoms with van der Waals surface area (Å²) in [6, 6.07) is 7.64. The van der Waals surface area contributed by atoms with Gasteiger partial charge in [0.2, 0.25) is 0 Å². The number of nitrogens with zero attached hydrogens (tertiary/aromatic N) is 8. The molecule has 1 N–H and O–H groups in total. The third-order valence-corrected chi connectivity index (χ3v) is 7.06. The van der Waals surface area contributed by atoms with Gasteiger partial charge in [0.1, 0.15) is 17.1 Å². The minimum absolute atomic E-state index is 0.321. The predicted molar refractivity (Wildman–Crippen MR) is 124 cm³/mol. The van der Waals surface area contributed by atoms with E-state index >= 15 is 8.78 Å². The number of rotatable bonds is 4. The van der Waals surface area contributed by atoms with E-state index < -0.39 is 24.4 Å². The molecule has 0 spiro atoms. The summed E-state index contributed by atoms with van der Waals surface area (Å²) in [5.74, 6) is -1.14. The van der Waals surface area contributed by atoms with Crippen LogP contribution in [0.25, 0.3) is 22.6 Å². The zero-order valence-corrected chi connectivity index (χ0v) is 19.5. The second kappa shape index (κ2) is 7.61. The summed E-state index contributed by atoms with van der Waals surface area (Å²) in [5, 5.41) is 25.9. The van der Waals surface area contributed by atoms with Crippen LogP contribution in [-0.4, -0.2) is 40.0 Å². The molecule has 0 bridgehead atoms. The first-order valence-corrected chi connectivity index (χ1v) is 11.5. The fourth-order valence-corrected chi connectivity index (χ4v) is 4.99. The highest BCUT2D eigenvalue weighted by molar-refractivity contribution is 6.33.